The number of carbonyl (C=O) groups excluding carboxylic acids is 2. The van der Waals surface area contributed by atoms with E-state index < -0.39 is 5.92 Å². The molecule has 1 heterocycles. The number of hydrogen-bond donors (Lipinski definition) is 0. The SMILES string of the molecule is C=C1C(c2ccccc2)C(=O)N(Cc2ccccc2)C(=O)N1Cc1ccccc1. The number of imide groups is 1. The fourth-order valence-corrected chi connectivity index (χ4v) is 3.64. The third-order valence-electron chi connectivity index (χ3n) is 5.15. The number of rotatable bonds is 5. The summed E-state index contributed by atoms with van der Waals surface area (Å²) in [4.78, 5) is 29.6. The molecule has 4 rings (SSSR count). The van der Waals surface area contributed by atoms with Gasteiger partial charge in [0.2, 0.25) is 5.91 Å². The molecule has 1 atom stereocenters. The Kier molecular flexibility index (Phi) is 5.25. The number of nitrogens with zero attached hydrogens (tertiary/aromatic N) is 2. The van der Waals surface area contributed by atoms with Gasteiger partial charge in [0.1, 0.15) is 5.92 Å². The largest absolute Gasteiger partial charge is 0.331 e. The summed E-state index contributed by atoms with van der Waals surface area (Å²) in [6, 6.07) is 28.5. The van der Waals surface area contributed by atoms with Crippen LogP contribution in [0.25, 0.3) is 0 Å². The Morgan fingerprint density at radius 1 is 0.655 bits per heavy atom. The quantitative estimate of drug-likeness (QED) is 0.626. The Labute approximate surface area is 170 Å². The van der Waals surface area contributed by atoms with E-state index in [0.29, 0.717) is 12.2 Å². The van der Waals surface area contributed by atoms with Crippen LogP contribution in [0.15, 0.2) is 103 Å². The molecule has 1 unspecified atom stereocenters. The third kappa shape index (κ3) is 3.83. The van der Waals surface area contributed by atoms with Crippen LogP contribution in [0.5, 0.6) is 0 Å². The van der Waals surface area contributed by atoms with E-state index in [1.54, 1.807) is 4.90 Å². The van der Waals surface area contributed by atoms with Gasteiger partial charge in [-0.3, -0.25) is 14.6 Å². The van der Waals surface area contributed by atoms with Gasteiger partial charge in [-0.15, -0.1) is 0 Å². The number of carbonyl (C=O) groups is 2. The molecule has 4 nitrogen and oxygen atoms in total. The van der Waals surface area contributed by atoms with Crippen LogP contribution >= 0.6 is 0 Å². The molecule has 0 aliphatic carbocycles. The molecule has 0 spiro atoms. The third-order valence-corrected chi connectivity index (χ3v) is 5.15. The zero-order chi connectivity index (χ0) is 20.2. The van der Waals surface area contributed by atoms with Crippen LogP contribution in [0.2, 0.25) is 0 Å². The molecular weight excluding hydrogens is 360 g/mol. The fourth-order valence-electron chi connectivity index (χ4n) is 3.64. The van der Waals surface area contributed by atoms with Crippen LogP contribution < -0.4 is 0 Å². The van der Waals surface area contributed by atoms with Crippen molar-refractivity contribution in [2.24, 2.45) is 0 Å². The molecule has 1 aliphatic rings. The van der Waals surface area contributed by atoms with Crippen molar-refractivity contribution in [1.29, 1.82) is 0 Å². The Morgan fingerprint density at radius 2 is 1.10 bits per heavy atom. The first kappa shape index (κ1) is 18.7. The van der Waals surface area contributed by atoms with E-state index in [1.807, 2.05) is 91.0 Å². The molecule has 1 aliphatic heterocycles. The Hall–Kier alpha value is -3.66. The van der Waals surface area contributed by atoms with Crippen molar-refractivity contribution in [3.8, 4) is 0 Å². The molecule has 0 radical (unpaired) electrons. The molecule has 29 heavy (non-hydrogen) atoms. The van der Waals surface area contributed by atoms with Gasteiger partial charge in [-0.05, 0) is 16.7 Å². The van der Waals surface area contributed by atoms with Gasteiger partial charge in [0.05, 0.1) is 13.1 Å². The lowest BCUT2D eigenvalue weighted by Gasteiger charge is -2.40. The molecule has 3 aromatic rings. The molecule has 0 N–H and O–H groups in total. The summed E-state index contributed by atoms with van der Waals surface area (Å²) in [6.07, 6.45) is 0. The van der Waals surface area contributed by atoms with Crippen molar-refractivity contribution in [1.82, 2.24) is 9.80 Å². The lowest BCUT2D eigenvalue weighted by molar-refractivity contribution is -0.132. The topological polar surface area (TPSA) is 40.6 Å². The molecular formula is C25H22N2O2. The van der Waals surface area contributed by atoms with Crippen LogP contribution in [-0.4, -0.2) is 21.7 Å². The smallest absolute Gasteiger partial charge is 0.293 e. The highest BCUT2D eigenvalue weighted by molar-refractivity contribution is 6.03. The first-order valence-corrected chi connectivity index (χ1v) is 9.59. The summed E-state index contributed by atoms with van der Waals surface area (Å²) in [6.45, 7) is 4.76. The second kappa shape index (κ2) is 8.15. The van der Waals surface area contributed by atoms with E-state index in [1.165, 1.54) is 4.90 Å². The minimum atomic E-state index is -0.582. The van der Waals surface area contributed by atoms with Gasteiger partial charge in [0.25, 0.3) is 0 Å². The molecule has 4 heteroatoms. The predicted octanol–water partition coefficient (Wildman–Crippen LogP) is 4.95. The van der Waals surface area contributed by atoms with Crippen LogP contribution in [0.3, 0.4) is 0 Å². The zero-order valence-electron chi connectivity index (χ0n) is 16.1. The predicted molar refractivity (Wildman–Crippen MR) is 113 cm³/mol. The monoisotopic (exact) mass is 382 g/mol. The van der Waals surface area contributed by atoms with Crippen LogP contribution in [0.4, 0.5) is 4.79 Å². The van der Waals surface area contributed by atoms with Gasteiger partial charge in [-0.1, -0.05) is 97.6 Å². The summed E-state index contributed by atoms with van der Waals surface area (Å²) in [5, 5.41) is 0. The van der Waals surface area contributed by atoms with E-state index in [2.05, 4.69) is 6.58 Å². The molecule has 0 aromatic heterocycles. The van der Waals surface area contributed by atoms with Crippen LogP contribution in [0, 0.1) is 0 Å². The van der Waals surface area contributed by atoms with E-state index in [9.17, 15) is 9.59 Å². The van der Waals surface area contributed by atoms with E-state index in [0.717, 1.165) is 16.7 Å². The molecule has 1 saturated heterocycles. The Morgan fingerprint density at radius 3 is 1.62 bits per heavy atom. The van der Waals surface area contributed by atoms with Crippen molar-refractivity contribution >= 4 is 11.9 Å². The number of benzene rings is 3. The van der Waals surface area contributed by atoms with E-state index in [4.69, 9.17) is 0 Å². The van der Waals surface area contributed by atoms with E-state index >= 15 is 0 Å². The maximum Gasteiger partial charge on any atom is 0.331 e. The fraction of sp³-hybridized carbons (Fsp3) is 0.120. The average molecular weight is 382 g/mol. The van der Waals surface area contributed by atoms with Gasteiger partial charge in [-0.25, -0.2) is 4.79 Å². The van der Waals surface area contributed by atoms with E-state index in [-0.39, 0.29) is 18.5 Å². The average Bonchev–Trinajstić information content (AvgIpc) is 2.77. The van der Waals surface area contributed by atoms with Crippen molar-refractivity contribution < 1.29 is 9.59 Å². The van der Waals surface area contributed by atoms with Crippen molar-refractivity contribution in [2.75, 3.05) is 0 Å². The highest BCUT2D eigenvalue weighted by Crippen LogP contribution is 2.35. The van der Waals surface area contributed by atoms with Gasteiger partial charge >= 0.3 is 6.03 Å². The second-order valence-corrected chi connectivity index (χ2v) is 7.10. The summed E-state index contributed by atoms with van der Waals surface area (Å²) < 4.78 is 0. The summed E-state index contributed by atoms with van der Waals surface area (Å²) >= 11 is 0. The van der Waals surface area contributed by atoms with Crippen molar-refractivity contribution in [2.45, 2.75) is 19.0 Å². The minimum absolute atomic E-state index is 0.237. The number of urea groups is 1. The Bertz CT molecular complexity index is 953. The molecule has 3 amide bonds. The van der Waals surface area contributed by atoms with Gasteiger partial charge in [-0.2, -0.15) is 0 Å². The maximum absolute atomic E-state index is 13.4. The molecule has 0 bridgehead atoms. The first-order valence-electron chi connectivity index (χ1n) is 9.59. The first-order chi connectivity index (χ1) is 14.1. The van der Waals surface area contributed by atoms with Crippen LogP contribution in [0.1, 0.15) is 22.6 Å². The minimum Gasteiger partial charge on any atom is -0.293 e. The highest BCUT2D eigenvalue weighted by Gasteiger charge is 2.42. The van der Waals surface area contributed by atoms with Gasteiger partial charge in [0.15, 0.2) is 0 Å². The Balaban J connectivity index is 1.71. The summed E-state index contributed by atoms with van der Waals surface area (Å²) in [5.74, 6) is -0.819. The standard InChI is InChI=1S/C25H22N2O2/c1-19-23(22-15-9-4-10-16-22)24(28)27(18-21-13-7-3-8-14-21)25(29)26(19)17-20-11-5-2-6-12-20/h2-16,23H,1,17-18H2. The molecule has 144 valence electrons. The van der Waals surface area contributed by atoms with Crippen molar-refractivity contribution in [3.05, 3.63) is 120 Å². The molecule has 3 aromatic carbocycles. The normalized spacial score (nSPS) is 17.0. The summed E-state index contributed by atoms with van der Waals surface area (Å²) in [7, 11) is 0. The molecule has 1 fully saturated rings. The molecule has 0 saturated carbocycles. The van der Waals surface area contributed by atoms with Gasteiger partial charge < -0.3 is 0 Å². The van der Waals surface area contributed by atoms with Crippen LogP contribution in [-0.2, 0) is 17.9 Å². The zero-order valence-corrected chi connectivity index (χ0v) is 16.1. The maximum atomic E-state index is 13.4. The van der Waals surface area contributed by atoms with Crippen molar-refractivity contribution in [3.63, 3.8) is 0 Å². The second-order valence-electron chi connectivity index (χ2n) is 7.10. The number of hydrogen-bond acceptors (Lipinski definition) is 2. The lowest BCUT2D eigenvalue weighted by Crippen LogP contribution is -2.53. The highest BCUT2D eigenvalue weighted by atomic mass is 16.2. The summed E-state index contributed by atoms with van der Waals surface area (Å²) in [5.41, 5.74) is 3.25. The number of amides is 3. The lowest BCUT2D eigenvalue weighted by atomic mass is 9.91. The van der Waals surface area contributed by atoms with Gasteiger partial charge in [0, 0.05) is 5.70 Å².